The van der Waals surface area contributed by atoms with E-state index in [0.29, 0.717) is 11.3 Å². The van der Waals surface area contributed by atoms with Gasteiger partial charge in [-0.25, -0.2) is 0 Å². The summed E-state index contributed by atoms with van der Waals surface area (Å²) in [7, 11) is 1.55. The van der Waals surface area contributed by atoms with Crippen LogP contribution >= 0.6 is 31.9 Å². The van der Waals surface area contributed by atoms with Gasteiger partial charge in [-0.3, -0.25) is 4.79 Å². The van der Waals surface area contributed by atoms with Crippen LogP contribution in [0, 0.1) is 0 Å². The fourth-order valence-electron chi connectivity index (χ4n) is 2.27. The van der Waals surface area contributed by atoms with Gasteiger partial charge in [0.25, 0.3) is 5.91 Å². The number of hydrogen-bond acceptors (Lipinski definition) is 2. The molecule has 122 valence electrons. The summed E-state index contributed by atoms with van der Waals surface area (Å²) in [6, 6.07) is 11.6. The summed E-state index contributed by atoms with van der Waals surface area (Å²) >= 11 is 6.81. The average Bonchev–Trinajstić information content (AvgIpc) is 2.53. The molecular weight excluding hydrogens is 422 g/mol. The highest BCUT2D eigenvalue weighted by molar-refractivity contribution is 9.11. The number of methoxy groups -OCH3 is 1. The lowest BCUT2D eigenvalue weighted by Gasteiger charge is -2.12. The van der Waals surface area contributed by atoms with Crippen molar-refractivity contribution < 1.29 is 9.53 Å². The molecule has 0 atom stereocenters. The van der Waals surface area contributed by atoms with Crippen molar-refractivity contribution in [1.82, 2.24) is 0 Å². The van der Waals surface area contributed by atoms with Crippen LogP contribution in [-0.2, 0) is 6.42 Å². The molecule has 1 amide bonds. The van der Waals surface area contributed by atoms with Gasteiger partial charge in [0.15, 0.2) is 0 Å². The Labute approximate surface area is 153 Å². The molecule has 0 heterocycles. The molecule has 0 aliphatic carbocycles. The Morgan fingerprint density at radius 3 is 2.48 bits per heavy atom. The fraction of sp³-hybridized carbons (Fsp3) is 0.278. The van der Waals surface area contributed by atoms with Gasteiger partial charge in [-0.1, -0.05) is 41.4 Å². The first-order valence-corrected chi connectivity index (χ1v) is 9.07. The second-order valence-corrected chi connectivity index (χ2v) is 6.99. The molecule has 0 bridgehead atoms. The molecule has 0 aliphatic heterocycles. The summed E-state index contributed by atoms with van der Waals surface area (Å²) < 4.78 is 6.87. The lowest BCUT2D eigenvalue weighted by molar-refractivity contribution is 0.102. The fourth-order valence-corrected chi connectivity index (χ4v) is 3.66. The number of carbonyl (C=O) groups is 1. The van der Waals surface area contributed by atoms with Crippen molar-refractivity contribution in [2.45, 2.75) is 26.2 Å². The maximum Gasteiger partial charge on any atom is 0.259 e. The molecule has 3 nitrogen and oxygen atoms in total. The summed E-state index contributed by atoms with van der Waals surface area (Å²) in [6.07, 6.45) is 3.42. The first kappa shape index (κ1) is 18.0. The molecule has 23 heavy (non-hydrogen) atoms. The predicted molar refractivity (Wildman–Crippen MR) is 101 cm³/mol. The van der Waals surface area contributed by atoms with Crippen LogP contribution in [0.3, 0.4) is 0 Å². The minimum absolute atomic E-state index is 0.204. The molecular formula is C18H19Br2NO2. The van der Waals surface area contributed by atoms with Gasteiger partial charge >= 0.3 is 0 Å². The monoisotopic (exact) mass is 439 g/mol. The number of amides is 1. The van der Waals surface area contributed by atoms with Crippen molar-refractivity contribution in [3.63, 3.8) is 0 Å². The van der Waals surface area contributed by atoms with Gasteiger partial charge in [-0.15, -0.1) is 0 Å². The highest BCUT2D eigenvalue weighted by Crippen LogP contribution is 2.33. The van der Waals surface area contributed by atoms with Crippen LogP contribution in [0.5, 0.6) is 5.75 Å². The van der Waals surface area contributed by atoms with Crippen molar-refractivity contribution in [3.8, 4) is 5.75 Å². The number of anilines is 1. The van der Waals surface area contributed by atoms with Gasteiger partial charge < -0.3 is 10.1 Å². The number of nitrogens with one attached hydrogen (secondary N) is 1. The number of unbranched alkanes of at least 4 members (excludes halogenated alkanes) is 1. The summed E-state index contributed by atoms with van der Waals surface area (Å²) in [5.74, 6) is 0.315. The van der Waals surface area contributed by atoms with Gasteiger partial charge in [0.2, 0.25) is 0 Å². The number of ether oxygens (including phenoxy) is 1. The third-order valence-electron chi connectivity index (χ3n) is 3.49. The third kappa shape index (κ3) is 4.82. The number of carbonyl (C=O) groups excluding carboxylic acids is 1. The molecule has 0 spiro atoms. The predicted octanol–water partition coefficient (Wildman–Crippen LogP) is 5.82. The summed E-state index contributed by atoms with van der Waals surface area (Å²) in [5.41, 5.74) is 2.53. The molecule has 1 N–H and O–H groups in total. The van der Waals surface area contributed by atoms with Crippen LogP contribution in [0.2, 0.25) is 0 Å². The smallest absolute Gasteiger partial charge is 0.259 e. The minimum atomic E-state index is -0.204. The summed E-state index contributed by atoms with van der Waals surface area (Å²) in [4.78, 5) is 12.5. The van der Waals surface area contributed by atoms with Crippen molar-refractivity contribution >= 4 is 43.5 Å². The van der Waals surface area contributed by atoms with E-state index in [1.807, 2.05) is 18.2 Å². The zero-order valence-electron chi connectivity index (χ0n) is 13.2. The highest BCUT2D eigenvalue weighted by Gasteiger charge is 2.16. The van der Waals surface area contributed by atoms with Gasteiger partial charge in [0, 0.05) is 10.2 Å². The van der Waals surface area contributed by atoms with E-state index in [0.717, 1.165) is 21.1 Å². The zero-order chi connectivity index (χ0) is 16.8. The largest absolute Gasteiger partial charge is 0.495 e. The highest BCUT2D eigenvalue weighted by atomic mass is 79.9. The Balaban J connectivity index is 2.16. The number of rotatable bonds is 6. The van der Waals surface area contributed by atoms with Crippen molar-refractivity contribution in [3.05, 3.63) is 56.5 Å². The lowest BCUT2D eigenvalue weighted by atomic mass is 10.1. The zero-order valence-corrected chi connectivity index (χ0v) is 16.3. The minimum Gasteiger partial charge on any atom is -0.495 e. The standard InChI is InChI=1S/C18H19Br2NO2/c1-3-4-5-12-6-8-14(9-7-12)21-18(22)15-10-13(19)11-16(20)17(15)23-2/h6-11H,3-5H2,1-2H3,(H,21,22). The van der Waals surface area contributed by atoms with Gasteiger partial charge in [0.05, 0.1) is 17.1 Å². The first-order valence-electron chi connectivity index (χ1n) is 7.48. The molecule has 0 aliphatic rings. The number of hydrogen-bond donors (Lipinski definition) is 1. The Morgan fingerprint density at radius 1 is 1.17 bits per heavy atom. The second kappa shape index (κ2) is 8.50. The topological polar surface area (TPSA) is 38.3 Å². The van der Waals surface area contributed by atoms with Crippen LogP contribution < -0.4 is 10.1 Å². The molecule has 2 aromatic rings. The van der Waals surface area contributed by atoms with E-state index in [2.05, 4.69) is 56.2 Å². The quantitative estimate of drug-likeness (QED) is 0.614. The molecule has 0 saturated carbocycles. The number of aryl methyl sites for hydroxylation is 1. The lowest BCUT2D eigenvalue weighted by Crippen LogP contribution is -2.13. The van der Waals surface area contributed by atoms with Crippen LogP contribution in [0.25, 0.3) is 0 Å². The maximum absolute atomic E-state index is 12.5. The molecule has 0 radical (unpaired) electrons. The number of halogens is 2. The van der Waals surface area contributed by atoms with Crippen LogP contribution in [0.4, 0.5) is 5.69 Å². The van der Waals surface area contributed by atoms with E-state index < -0.39 is 0 Å². The van der Waals surface area contributed by atoms with E-state index in [9.17, 15) is 4.79 Å². The van der Waals surface area contributed by atoms with E-state index in [1.54, 1.807) is 13.2 Å². The van der Waals surface area contributed by atoms with E-state index in [-0.39, 0.29) is 5.91 Å². The van der Waals surface area contributed by atoms with E-state index in [1.165, 1.54) is 18.4 Å². The van der Waals surface area contributed by atoms with E-state index >= 15 is 0 Å². The Morgan fingerprint density at radius 2 is 1.87 bits per heavy atom. The molecule has 2 rings (SSSR count). The second-order valence-electron chi connectivity index (χ2n) is 5.22. The van der Waals surface area contributed by atoms with E-state index in [4.69, 9.17) is 4.74 Å². The molecule has 0 saturated heterocycles. The summed E-state index contributed by atoms with van der Waals surface area (Å²) in [6.45, 7) is 2.18. The Hall–Kier alpha value is -1.33. The SMILES string of the molecule is CCCCc1ccc(NC(=O)c2cc(Br)cc(Br)c2OC)cc1. The Bertz CT molecular complexity index is 684. The molecule has 5 heteroatoms. The number of benzene rings is 2. The van der Waals surface area contributed by atoms with Crippen molar-refractivity contribution in [2.24, 2.45) is 0 Å². The van der Waals surface area contributed by atoms with Crippen LogP contribution in [0.15, 0.2) is 45.3 Å². The Kier molecular flexibility index (Phi) is 6.66. The molecule has 2 aromatic carbocycles. The molecule has 0 aromatic heterocycles. The van der Waals surface area contributed by atoms with Gasteiger partial charge in [-0.05, 0) is 58.6 Å². The third-order valence-corrected chi connectivity index (χ3v) is 4.53. The first-order chi connectivity index (χ1) is 11.0. The average molecular weight is 441 g/mol. The van der Waals surface area contributed by atoms with Gasteiger partial charge in [-0.2, -0.15) is 0 Å². The summed E-state index contributed by atoms with van der Waals surface area (Å²) in [5, 5.41) is 2.91. The molecule has 0 fully saturated rings. The van der Waals surface area contributed by atoms with Crippen molar-refractivity contribution in [1.29, 1.82) is 0 Å². The van der Waals surface area contributed by atoms with Gasteiger partial charge in [0.1, 0.15) is 5.75 Å². The van der Waals surface area contributed by atoms with Crippen LogP contribution in [0.1, 0.15) is 35.7 Å². The molecule has 0 unspecified atom stereocenters. The maximum atomic E-state index is 12.5. The van der Waals surface area contributed by atoms with Crippen LogP contribution in [-0.4, -0.2) is 13.0 Å². The normalized spacial score (nSPS) is 10.4. The van der Waals surface area contributed by atoms with Crippen molar-refractivity contribution in [2.75, 3.05) is 12.4 Å².